The summed E-state index contributed by atoms with van der Waals surface area (Å²) in [6.07, 6.45) is 10.2. The number of anilines is 1. The van der Waals surface area contributed by atoms with Gasteiger partial charge in [0.2, 0.25) is 0 Å². The molecular weight excluding hydrogens is 450 g/mol. The van der Waals surface area contributed by atoms with Gasteiger partial charge in [-0.05, 0) is 57.3 Å². The lowest BCUT2D eigenvalue weighted by Crippen LogP contribution is -2.33. The topological polar surface area (TPSA) is 169 Å². The number of terminal acetylenes is 1. The van der Waals surface area contributed by atoms with E-state index in [2.05, 4.69) is 33.1 Å². The van der Waals surface area contributed by atoms with E-state index in [1.54, 1.807) is 0 Å². The largest absolute Gasteiger partial charge is 0.465 e. The van der Waals surface area contributed by atoms with Gasteiger partial charge in [0.15, 0.2) is 23.1 Å². The predicted octanol–water partition coefficient (Wildman–Crippen LogP) is 2.49. The van der Waals surface area contributed by atoms with Crippen molar-refractivity contribution in [2.75, 3.05) is 11.9 Å². The summed E-state index contributed by atoms with van der Waals surface area (Å²) < 4.78 is 1.87. The zero-order chi connectivity index (χ0) is 25.1. The number of hydrogen-bond acceptors (Lipinski definition) is 8. The Balaban J connectivity index is 1.78. The van der Waals surface area contributed by atoms with Crippen LogP contribution in [0.25, 0.3) is 11.2 Å². The van der Waals surface area contributed by atoms with Crippen molar-refractivity contribution in [3.8, 4) is 12.3 Å². The van der Waals surface area contributed by atoms with E-state index in [0.29, 0.717) is 29.7 Å². The Morgan fingerprint density at radius 3 is 2.51 bits per heavy atom. The van der Waals surface area contributed by atoms with Crippen molar-refractivity contribution in [1.29, 1.82) is 5.41 Å². The number of aromatic nitrogens is 4. The molecule has 0 radical (unpaired) electrons. The summed E-state index contributed by atoms with van der Waals surface area (Å²) >= 11 is 0. The van der Waals surface area contributed by atoms with E-state index in [1.807, 2.05) is 9.88 Å². The number of carboxylic acid groups (broad SMARTS) is 1. The number of aliphatic hydroxyl groups excluding tert-OH is 2. The van der Waals surface area contributed by atoms with Gasteiger partial charge in [-0.1, -0.05) is 6.42 Å². The van der Waals surface area contributed by atoms with Crippen LogP contribution in [-0.2, 0) is 6.54 Å². The van der Waals surface area contributed by atoms with Crippen molar-refractivity contribution < 1.29 is 20.1 Å². The lowest BCUT2D eigenvalue weighted by Gasteiger charge is -2.32. The number of nitrogens with zero attached hydrogens (tertiary/aromatic N) is 4. The summed E-state index contributed by atoms with van der Waals surface area (Å²) in [4.78, 5) is 24.4. The number of hydrogen-bond donors (Lipinski definition) is 6. The van der Waals surface area contributed by atoms with E-state index in [9.17, 15) is 15.0 Å². The number of aliphatic hydroxyl groups is 2. The average molecular weight is 484 g/mol. The second kappa shape index (κ2) is 10.6. The lowest BCUT2D eigenvalue weighted by molar-refractivity contribution is 0.0847. The van der Waals surface area contributed by atoms with Crippen molar-refractivity contribution in [3.63, 3.8) is 0 Å². The van der Waals surface area contributed by atoms with Crippen LogP contribution in [-0.4, -0.2) is 59.4 Å². The predicted molar refractivity (Wildman–Crippen MR) is 130 cm³/mol. The molecule has 2 heterocycles. The molecule has 6 N–H and O–H groups in total. The van der Waals surface area contributed by atoms with Crippen molar-refractivity contribution in [3.05, 3.63) is 11.6 Å². The molecule has 2 aromatic rings. The summed E-state index contributed by atoms with van der Waals surface area (Å²) in [6.45, 7) is 2.12. The monoisotopic (exact) mass is 483 g/mol. The van der Waals surface area contributed by atoms with Gasteiger partial charge in [-0.25, -0.2) is 19.7 Å². The molecule has 0 aromatic carbocycles. The summed E-state index contributed by atoms with van der Waals surface area (Å²) in [6, 6.07) is 0.0944. The highest BCUT2D eigenvalue weighted by molar-refractivity contribution is 6.03. The van der Waals surface area contributed by atoms with Crippen LogP contribution in [0, 0.1) is 35.5 Å². The molecule has 4 rings (SSSR count). The van der Waals surface area contributed by atoms with Gasteiger partial charge < -0.3 is 25.2 Å². The molecule has 1 amide bonds. The van der Waals surface area contributed by atoms with E-state index < -0.39 is 24.6 Å². The Labute approximate surface area is 203 Å². The standard InChI is InChI=1S/C24H33N7O4/c1-3-14-7-9-15(10-8-14)11-31-18-20(26-13(2)16-5-4-6-16)28-22(19(25)27-24(34)35)29-21(18)30-23(31)17(33)12-32/h1,13-17,32-33H,4-12H2,2H3,(H2,25,27)(H,34,35)(H,26,28,29)/t13-,14-,15-,17?/m1/s1. The minimum atomic E-state index is -1.39. The van der Waals surface area contributed by atoms with Crippen LogP contribution in [0.3, 0.4) is 0 Å². The first-order chi connectivity index (χ1) is 16.8. The van der Waals surface area contributed by atoms with Crippen LogP contribution in [0.2, 0.25) is 0 Å². The summed E-state index contributed by atoms with van der Waals surface area (Å²) in [5, 5.41) is 42.8. The molecule has 0 spiro atoms. The smallest absolute Gasteiger partial charge is 0.410 e. The second-order valence-electron chi connectivity index (χ2n) is 9.66. The van der Waals surface area contributed by atoms with E-state index in [1.165, 1.54) is 6.42 Å². The molecule has 11 heteroatoms. The van der Waals surface area contributed by atoms with E-state index in [-0.39, 0.29) is 29.3 Å². The number of imidazole rings is 1. The van der Waals surface area contributed by atoms with Crippen LogP contribution < -0.4 is 10.6 Å². The highest BCUT2D eigenvalue weighted by Gasteiger charge is 2.29. The van der Waals surface area contributed by atoms with Gasteiger partial charge >= 0.3 is 6.09 Å². The fraction of sp³-hybridized carbons (Fsp3) is 0.625. The highest BCUT2D eigenvalue weighted by atomic mass is 16.4. The van der Waals surface area contributed by atoms with Gasteiger partial charge in [-0.2, -0.15) is 0 Å². The maximum absolute atomic E-state index is 11.1. The zero-order valence-electron chi connectivity index (χ0n) is 19.9. The molecule has 0 aliphatic heterocycles. The van der Waals surface area contributed by atoms with E-state index >= 15 is 0 Å². The van der Waals surface area contributed by atoms with Crippen LogP contribution >= 0.6 is 0 Å². The van der Waals surface area contributed by atoms with E-state index in [0.717, 1.165) is 38.5 Å². The number of rotatable bonds is 8. The fourth-order valence-corrected chi connectivity index (χ4v) is 4.99. The molecule has 0 saturated heterocycles. The van der Waals surface area contributed by atoms with E-state index in [4.69, 9.17) is 16.9 Å². The van der Waals surface area contributed by atoms with Gasteiger partial charge in [0.25, 0.3) is 0 Å². The summed E-state index contributed by atoms with van der Waals surface area (Å²) in [7, 11) is 0. The Morgan fingerprint density at radius 1 is 1.23 bits per heavy atom. The van der Waals surface area contributed by atoms with Crippen molar-refractivity contribution in [1.82, 2.24) is 24.8 Å². The van der Waals surface area contributed by atoms with Crippen molar-refractivity contribution >= 4 is 28.9 Å². The molecule has 2 aromatic heterocycles. The van der Waals surface area contributed by atoms with Crippen molar-refractivity contribution in [2.24, 2.45) is 17.8 Å². The number of amidine groups is 1. The average Bonchev–Trinajstić information content (AvgIpc) is 3.15. The molecular formula is C24H33N7O4. The maximum atomic E-state index is 11.1. The summed E-state index contributed by atoms with van der Waals surface area (Å²) in [5.41, 5.74) is 0.805. The molecule has 2 aliphatic rings. The molecule has 188 valence electrons. The molecule has 1 unspecified atom stereocenters. The molecule has 11 nitrogen and oxygen atoms in total. The highest BCUT2D eigenvalue weighted by Crippen LogP contribution is 2.35. The fourth-order valence-electron chi connectivity index (χ4n) is 4.99. The molecule has 0 bridgehead atoms. The van der Waals surface area contributed by atoms with Gasteiger partial charge in [-0.15, -0.1) is 12.3 Å². The third-order valence-corrected chi connectivity index (χ3v) is 7.30. The zero-order valence-corrected chi connectivity index (χ0v) is 19.9. The number of amides is 1. The minimum Gasteiger partial charge on any atom is -0.465 e. The molecule has 2 aliphatic carbocycles. The quantitative estimate of drug-likeness (QED) is 0.189. The van der Waals surface area contributed by atoms with Gasteiger partial charge in [-0.3, -0.25) is 10.7 Å². The van der Waals surface area contributed by atoms with Crippen LogP contribution in [0.15, 0.2) is 0 Å². The molecule has 2 saturated carbocycles. The van der Waals surface area contributed by atoms with Crippen molar-refractivity contribution in [2.45, 2.75) is 70.6 Å². The molecule has 2 fully saturated rings. The number of fused-ring (bicyclic) bond motifs is 1. The summed E-state index contributed by atoms with van der Waals surface area (Å²) in [5.74, 6) is 4.04. The van der Waals surface area contributed by atoms with Crippen LogP contribution in [0.1, 0.15) is 69.6 Å². The molecule has 2 atom stereocenters. The normalized spacial score (nSPS) is 22.1. The van der Waals surface area contributed by atoms with Gasteiger partial charge in [0, 0.05) is 18.5 Å². The minimum absolute atomic E-state index is 0.0944. The number of carbonyl (C=O) groups is 1. The molecule has 35 heavy (non-hydrogen) atoms. The third-order valence-electron chi connectivity index (χ3n) is 7.30. The maximum Gasteiger partial charge on any atom is 0.410 e. The number of nitrogens with one attached hydrogen (secondary N) is 3. The first-order valence-electron chi connectivity index (χ1n) is 12.2. The Morgan fingerprint density at radius 2 is 1.94 bits per heavy atom. The third kappa shape index (κ3) is 5.39. The van der Waals surface area contributed by atoms with Gasteiger partial charge in [0.1, 0.15) is 17.4 Å². The lowest BCUT2D eigenvalue weighted by atomic mass is 9.80. The first kappa shape index (κ1) is 24.9. The SMILES string of the molecule is C#C[C@H]1CC[C@H](Cn2c(C(O)CO)nc3nc(C(=N)NC(=O)O)nc(N[C@H](C)C4CCC4)c32)CC1. The second-order valence-corrected chi connectivity index (χ2v) is 9.66. The van der Waals surface area contributed by atoms with Gasteiger partial charge in [0.05, 0.1) is 6.61 Å². The Kier molecular flexibility index (Phi) is 7.52. The first-order valence-corrected chi connectivity index (χ1v) is 12.2. The van der Waals surface area contributed by atoms with Crippen LogP contribution in [0.5, 0.6) is 0 Å². The Hall–Kier alpha value is -3.23. The Bertz CT molecular complexity index is 1130. The van der Waals surface area contributed by atoms with Crippen LogP contribution in [0.4, 0.5) is 10.6 Å².